The zero-order chi connectivity index (χ0) is 29.5. The molecule has 2 aliphatic heterocycles. The number of likely N-dealkylation sites (tertiary alicyclic amines) is 1. The number of hydrogen-bond acceptors (Lipinski definition) is 8. The number of nitrogens with one attached hydrogen (secondary N) is 2. The van der Waals surface area contributed by atoms with Crippen LogP contribution in [0, 0.1) is 5.41 Å². The highest BCUT2D eigenvalue weighted by Crippen LogP contribution is 2.40. The van der Waals surface area contributed by atoms with Gasteiger partial charge < -0.3 is 30.1 Å². The number of fused-ring (bicyclic) bond motifs is 1. The van der Waals surface area contributed by atoms with E-state index in [4.69, 9.17) is 9.72 Å². The first-order valence-electron chi connectivity index (χ1n) is 14.4. The number of aromatic nitrogens is 2. The maximum atomic E-state index is 13.2. The first-order chi connectivity index (χ1) is 19.3. The van der Waals surface area contributed by atoms with Crippen molar-refractivity contribution in [2.75, 3.05) is 41.8 Å². The lowest BCUT2D eigenvalue weighted by Crippen LogP contribution is -2.61. The van der Waals surface area contributed by atoms with Crippen molar-refractivity contribution in [3.63, 3.8) is 0 Å². The summed E-state index contributed by atoms with van der Waals surface area (Å²) in [6.45, 7) is 10.9. The largest absolute Gasteiger partial charge is 0.444 e. The Morgan fingerprint density at radius 1 is 1.12 bits per heavy atom. The van der Waals surface area contributed by atoms with Gasteiger partial charge in [0.05, 0.1) is 17.7 Å². The van der Waals surface area contributed by atoms with Gasteiger partial charge in [-0.25, -0.2) is 9.78 Å². The summed E-state index contributed by atoms with van der Waals surface area (Å²) >= 11 is 0. The van der Waals surface area contributed by atoms with Crippen molar-refractivity contribution in [3.8, 4) is 0 Å². The third-order valence-electron chi connectivity index (χ3n) is 7.85. The van der Waals surface area contributed by atoms with Gasteiger partial charge in [0.15, 0.2) is 5.82 Å². The Kier molecular flexibility index (Phi) is 7.56. The molecule has 0 unspecified atom stereocenters. The second-order valence-corrected chi connectivity index (χ2v) is 13.0. The molecular weight excluding hydrogens is 522 g/mol. The smallest absolute Gasteiger partial charge is 0.410 e. The fourth-order valence-electron chi connectivity index (χ4n) is 5.71. The van der Waals surface area contributed by atoms with Crippen LogP contribution in [0.25, 0.3) is 0 Å². The maximum Gasteiger partial charge on any atom is 0.410 e. The van der Waals surface area contributed by atoms with E-state index in [9.17, 15) is 14.4 Å². The van der Waals surface area contributed by atoms with Crippen LogP contribution in [0.5, 0.6) is 0 Å². The Morgan fingerprint density at radius 2 is 1.83 bits per heavy atom. The van der Waals surface area contributed by atoms with Crippen molar-refractivity contribution in [2.24, 2.45) is 5.41 Å². The van der Waals surface area contributed by atoms with Crippen molar-refractivity contribution in [1.29, 1.82) is 0 Å². The number of nitrogens with zero attached hydrogens (tertiary/aromatic N) is 5. The molecule has 0 bridgehead atoms. The lowest BCUT2D eigenvalue weighted by Gasteiger charge is -2.39. The fraction of sp³-hybridized carbons (Fsp3) is 0.567. The molecule has 1 saturated carbocycles. The van der Waals surface area contributed by atoms with E-state index in [1.807, 2.05) is 40.7 Å². The summed E-state index contributed by atoms with van der Waals surface area (Å²) < 4.78 is 5.38. The molecule has 3 amide bonds. The lowest BCUT2D eigenvalue weighted by molar-refractivity contribution is -0.125. The molecule has 41 heavy (non-hydrogen) atoms. The van der Waals surface area contributed by atoms with Crippen LogP contribution in [0.4, 0.5) is 27.9 Å². The van der Waals surface area contributed by atoms with Gasteiger partial charge in [0.1, 0.15) is 11.3 Å². The number of benzene rings is 1. The molecule has 5 rings (SSSR count). The number of hydrogen-bond donors (Lipinski definition) is 2. The van der Waals surface area contributed by atoms with Gasteiger partial charge >= 0.3 is 6.09 Å². The van der Waals surface area contributed by atoms with Crippen LogP contribution < -0.4 is 20.4 Å². The number of anilines is 4. The summed E-state index contributed by atoms with van der Waals surface area (Å²) in [5.41, 5.74) is 0.746. The monoisotopic (exact) mass is 563 g/mol. The predicted molar refractivity (Wildman–Crippen MR) is 158 cm³/mol. The van der Waals surface area contributed by atoms with Gasteiger partial charge in [-0.3, -0.25) is 9.59 Å². The highest BCUT2D eigenvalue weighted by atomic mass is 16.6. The van der Waals surface area contributed by atoms with E-state index in [1.165, 1.54) is 12.8 Å². The SMILES string of the molecule is CN1C(=O)C(C)(C)CN(C2CCCC2)c2nc(Nc3cccc(C(=O)NC4CN(C(=O)OC(C)(C)C)C4)c3)ncc21. The molecule has 1 aromatic heterocycles. The van der Waals surface area contributed by atoms with Crippen molar-refractivity contribution in [1.82, 2.24) is 20.2 Å². The molecular formula is C30H41N7O4. The number of rotatable bonds is 5. The quantitative estimate of drug-likeness (QED) is 0.552. The Bertz CT molecular complexity index is 1330. The summed E-state index contributed by atoms with van der Waals surface area (Å²) in [4.78, 5) is 53.3. The van der Waals surface area contributed by atoms with E-state index in [-0.39, 0.29) is 23.9 Å². The molecule has 2 N–H and O–H groups in total. The van der Waals surface area contributed by atoms with Gasteiger partial charge in [-0.05, 0) is 65.7 Å². The molecule has 3 heterocycles. The topological polar surface area (TPSA) is 120 Å². The van der Waals surface area contributed by atoms with Crippen molar-refractivity contribution < 1.29 is 19.1 Å². The molecule has 11 nitrogen and oxygen atoms in total. The summed E-state index contributed by atoms with van der Waals surface area (Å²) in [6, 6.07) is 7.35. The Balaban J connectivity index is 1.28. The molecule has 0 spiro atoms. The first kappa shape index (κ1) is 28.6. The van der Waals surface area contributed by atoms with E-state index < -0.39 is 11.0 Å². The van der Waals surface area contributed by atoms with E-state index in [0.29, 0.717) is 48.6 Å². The van der Waals surface area contributed by atoms with Crippen molar-refractivity contribution in [3.05, 3.63) is 36.0 Å². The van der Waals surface area contributed by atoms with Crippen LogP contribution in [0.3, 0.4) is 0 Å². The Labute approximate surface area is 241 Å². The standard InChI is InChI=1S/C30H41N7O4/c1-29(2,3)41-28(40)36-16-21(17-36)32-25(38)19-10-9-11-20(14-19)33-27-31-15-23-24(34-27)37(22-12-7-8-13-22)18-30(4,5)26(39)35(23)6/h9-11,14-15,21-22H,7-8,12-13,16-18H2,1-6H3,(H,32,38)(H,31,33,34). The molecule has 0 radical (unpaired) electrons. The highest BCUT2D eigenvalue weighted by Gasteiger charge is 2.41. The van der Waals surface area contributed by atoms with E-state index in [2.05, 4.69) is 20.5 Å². The van der Waals surface area contributed by atoms with Crippen LogP contribution in [-0.2, 0) is 9.53 Å². The van der Waals surface area contributed by atoms with Crippen molar-refractivity contribution >= 4 is 41.0 Å². The molecule has 11 heteroatoms. The molecule has 220 valence electrons. The minimum absolute atomic E-state index is 0.0444. The van der Waals surface area contributed by atoms with Gasteiger partial charge in [-0.1, -0.05) is 18.9 Å². The van der Waals surface area contributed by atoms with Gasteiger partial charge in [-0.15, -0.1) is 0 Å². The number of ether oxygens (including phenoxy) is 1. The molecule has 1 saturated heterocycles. The first-order valence-corrected chi connectivity index (χ1v) is 14.4. The zero-order valence-electron chi connectivity index (χ0n) is 24.9. The minimum atomic E-state index is -0.558. The van der Waals surface area contributed by atoms with Gasteiger partial charge in [-0.2, -0.15) is 4.98 Å². The second-order valence-electron chi connectivity index (χ2n) is 13.0. The molecule has 0 atom stereocenters. The van der Waals surface area contributed by atoms with Crippen LogP contribution in [-0.4, -0.2) is 77.1 Å². The molecule has 2 fully saturated rings. The number of carbonyl (C=O) groups is 3. The Hall–Kier alpha value is -3.89. The van der Waals surface area contributed by atoms with E-state index in [0.717, 1.165) is 18.7 Å². The van der Waals surface area contributed by atoms with Gasteiger partial charge in [0.2, 0.25) is 11.9 Å². The minimum Gasteiger partial charge on any atom is -0.444 e. The molecule has 1 aromatic carbocycles. The number of amides is 3. The molecule has 3 aliphatic rings. The summed E-state index contributed by atoms with van der Waals surface area (Å²) in [7, 11) is 1.79. The predicted octanol–water partition coefficient (Wildman–Crippen LogP) is 4.32. The summed E-state index contributed by atoms with van der Waals surface area (Å²) in [5.74, 6) is 0.976. The van der Waals surface area contributed by atoms with Crippen LogP contribution in [0.1, 0.15) is 70.7 Å². The third kappa shape index (κ3) is 6.23. The zero-order valence-corrected chi connectivity index (χ0v) is 24.9. The van der Waals surface area contributed by atoms with Crippen LogP contribution in [0.2, 0.25) is 0 Å². The summed E-state index contributed by atoms with van der Waals surface area (Å²) in [5, 5.41) is 6.23. The summed E-state index contributed by atoms with van der Waals surface area (Å²) in [6.07, 6.45) is 5.83. The second kappa shape index (κ2) is 10.8. The highest BCUT2D eigenvalue weighted by molar-refractivity contribution is 6.01. The average molecular weight is 564 g/mol. The third-order valence-corrected chi connectivity index (χ3v) is 7.85. The lowest BCUT2D eigenvalue weighted by atomic mass is 9.91. The molecule has 1 aliphatic carbocycles. The van der Waals surface area contributed by atoms with Crippen LogP contribution >= 0.6 is 0 Å². The average Bonchev–Trinajstić information content (AvgIpc) is 3.40. The fourth-order valence-corrected chi connectivity index (χ4v) is 5.71. The van der Waals surface area contributed by atoms with Gasteiger partial charge in [0, 0.05) is 44.0 Å². The van der Waals surface area contributed by atoms with E-state index in [1.54, 1.807) is 41.2 Å². The maximum absolute atomic E-state index is 13.2. The van der Waals surface area contributed by atoms with Crippen LogP contribution in [0.15, 0.2) is 30.5 Å². The number of carbonyl (C=O) groups excluding carboxylic acids is 3. The normalized spacial score (nSPS) is 19.4. The molecule has 2 aromatic rings. The van der Waals surface area contributed by atoms with E-state index >= 15 is 0 Å². The van der Waals surface area contributed by atoms with Crippen molar-refractivity contribution in [2.45, 2.75) is 78.0 Å². The van der Waals surface area contributed by atoms with Gasteiger partial charge in [0.25, 0.3) is 5.91 Å². The Morgan fingerprint density at radius 3 is 2.51 bits per heavy atom.